The zero-order valence-corrected chi connectivity index (χ0v) is 13.6. The Hall–Kier alpha value is -1.57. The number of fused-ring (bicyclic) bond motifs is 3. The minimum Gasteiger partial charge on any atom is -0.323 e. The fraction of sp³-hybridized carbons (Fsp3) is 0.263. The molecule has 110 valence electrons. The van der Waals surface area contributed by atoms with Crippen LogP contribution in [0.3, 0.4) is 0 Å². The van der Waals surface area contributed by atoms with Crippen molar-refractivity contribution in [1.29, 1.82) is 0 Å². The van der Waals surface area contributed by atoms with Crippen LogP contribution in [0, 0.1) is 5.41 Å². The van der Waals surface area contributed by atoms with Crippen LogP contribution in [0.15, 0.2) is 54.6 Å². The molecule has 0 fully saturated rings. The molecule has 0 amide bonds. The van der Waals surface area contributed by atoms with Gasteiger partial charge in [0.15, 0.2) is 0 Å². The quantitative estimate of drug-likeness (QED) is 0.593. The monoisotopic (exact) mass is 299 g/mol. The van der Waals surface area contributed by atoms with Gasteiger partial charge in [-0.2, -0.15) is 0 Å². The molecule has 0 saturated heterocycles. The largest absolute Gasteiger partial charge is 0.323 e. The summed E-state index contributed by atoms with van der Waals surface area (Å²) in [5.41, 5.74) is 7.82. The van der Waals surface area contributed by atoms with Crippen LogP contribution in [-0.4, -0.2) is 0 Å². The second kappa shape index (κ2) is 5.67. The lowest BCUT2D eigenvalue weighted by Crippen LogP contribution is -2.26. The highest BCUT2D eigenvalue weighted by molar-refractivity contribution is 6.09. The van der Waals surface area contributed by atoms with Gasteiger partial charge in [-0.15, -0.1) is 12.4 Å². The summed E-state index contributed by atoms with van der Waals surface area (Å²) in [4.78, 5) is 0. The number of hydrogen-bond donors (Lipinski definition) is 1. The minimum atomic E-state index is 0. The number of nitrogens with two attached hydrogens (primary N) is 1. The summed E-state index contributed by atoms with van der Waals surface area (Å²) in [6.45, 7) is 6.59. The summed E-state index contributed by atoms with van der Waals surface area (Å²) < 4.78 is 0. The first-order chi connectivity index (χ1) is 9.48. The molecule has 0 spiro atoms. The molecule has 0 bridgehead atoms. The Balaban J connectivity index is 0.00000161. The Morgan fingerprint density at radius 2 is 1.33 bits per heavy atom. The molecule has 0 aliphatic rings. The molecule has 0 aromatic heterocycles. The second-order valence-corrected chi connectivity index (χ2v) is 6.58. The Morgan fingerprint density at radius 3 is 1.95 bits per heavy atom. The molecular weight excluding hydrogens is 278 g/mol. The molecule has 0 aliphatic carbocycles. The Kier molecular flexibility index (Phi) is 4.27. The van der Waals surface area contributed by atoms with Gasteiger partial charge in [-0.05, 0) is 38.6 Å². The van der Waals surface area contributed by atoms with Crippen molar-refractivity contribution in [2.45, 2.75) is 26.8 Å². The molecule has 0 aliphatic heterocycles. The molecule has 3 rings (SSSR count). The molecule has 0 radical (unpaired) electrons. The number of hydrogen-bond acceptors (Lipinski definition) is 1. The zero-order chi connectivity index (χ0) is 14.3. The number of benzene rings is 3. The highest BCUT2D eigenvalue weighted by Gasteiger charge is 2.24. The third-order valence-electron chi connectivity index (χ3n) is 4.07. The van der Waals surface area contributed by atoms with E-state index in [1.54, 1.807) is 0 Å². The fourth-order valence-electron chi connectivity index (χ4n) is 2.81. The lowest BCUT2D eigenvalue weighted by atomic mass is 9.80. The smallest absolute Gasteiger partial charge is 0.0350 e. The van der Waals surface area contributed by atoms with Gasteiger partial charge in [-0.25, -0.2) is 0 Å². The van der Waals surface area contributed by atoms with E-state index in [2.05, 4.69) is 75.4 Å². The first-order valence-electron chi connectivity index (χ1n) is 7.14. The standard InChI is InChI=1S/C19H21N.ClH/c1-19(2,3)18(20)17-12-13-8-4-5-9-14(13)15-10-6-7-11-16(15)17;/h4-12,18H,20H2,1-3H3;1H/t18-;/m1./s1. The van der Waals surface area contributed by atoms with E-state index >= 15 is 0 Å². The van der Waals surface area contributed by atoms with Crippen LogP contribution in [0.2, 0.25) is 0 Å². The molecular formula is C19H22ClN. The van der Waals surface area contributed by atoms with E-state index in [1.165, 1.54) is 27.1 Å². The predicted octanol–water partition coefficient (Wildman–Crippen LogP) is 5.46. The van der Waals surface area contributed by atoms with Crippen LogP contribution in [0.1, 0.15) is 32.4 Å². The van der Waals surface area contributed by atoms with Crippen LogP contribution in [0.25, 0.3) is 21.5 Å². The molecule has 3 aromatic rings. The first kappa shape index (κ1) is 15.8. The van der Waals surface area contributed by atoms with Gasteiger partial charge in [0.2, 0.25) is 0 Å². The predicted molar refractivity (Wildman–Crippen MR) is 95.1 cm³/mol. The van der Waals surface area contributed by atoms with Gasteiger partial charge >= 0.3 is 0 Å². The van der Waals surface area contributed by atoms with Crippen LogP contribution in [-0.2, 0) is 0 Å². The molecule has 0 saturated carbocycles. The van der Waals surface area contributed by atoms with Crippen molar-refractivity contribution in [2.24, 2.45) is 11.1 Å². The van der Waals surface area contributed by atoms with Crippen molar-refractivity contribution < 1.29 is 0 Å². The molecule has 0 heterocycles. The summed E-state index contributed by atoms with van der Waals surface area (Å²) >= 11 is 0. The van der Waals surface area contributed by atoms with Crippen molar-refractivity contribution in [3.8, 4) is 0 Å². The normalized spacial score (nSPS) is 13.1. The highest BCUT2D eigenvalue weighted by atomic mass is 35.5. The maximum atomic E-state index is 6.53. The third-order valence-corrected chi connectivity index (χ3v) is 4.07. The lowest BCUT2D eigenvalue weighted by Gasteiger charge is -2.29. The van der Waals surface area contributed by atoms with E-state index in [4.69, 9.17) is 5.73 Å². The zero-order valence-electron chi connectivity index (χ0n) is 12.8. The van der Waals surface area contributed by atoms with Gasteiger partial charge in [0.25, 0.3) is 0 Å². The average molecular weight is 300 g/mol. The minimum absolute atomic E-state index is 0. The summed E-state index contributed by atoms with van der Waals surface area (Å²) in [5, 5.41) is 5.13. The van der Waals surface area contributed by atoms with Crippen LogP contribution < -0.4 is 5.73 Å². The molecule has 21 heavy (non-hydrogen) atoms. The lowest BCUT2D eigenvalue weighted by molar-refractivity contribution is 0.329. The highest BCUT2D eigenvalue weighted by Crippen LogP contribution is 2.37. The van der Waals surface area contributed by atoms with Gasteiger partial charge in [-0.3, -0.25) is 0 Å². The van der Waals surface area contributed by atoms with Gasteiger partial charge in [0.1, 0.15) is 0 Å². The van der Waals surface area contributed by atoms with Gasteiger partial charge in [0.05, 0.1) is 0 Å². The number of rotatable bonds is 1. The number of halogens is 1. The summed E-state index contributed by atoms with van der Waals surface area (Å²) in [5.74, 6) is 0. The van der Waals surface area contributed by atoms with E-state index in [0.29, 0.717) is 0 Å². The SMILES string of the molecule is CC(C)(C)[C@H](N)c1cc2ccccc2c2ccccc12.Cl. The first-order valence-corrected chi connectivity index (χ1v) is 7.14. The van der Waals surface area contributed by atoms with E-state index in [9.17, 15) is 0 Å². The Morgan fingerprint density at radius 1 is 0.810 bits per heavy atom. The van der Waals surface area contributed by atoms with E-state index < -0.39 is 0 Å². The molecule has 2 heteroatoms. The summed E-state index contributed by atoms with van der Waals surface area (Å²) in [7, 11) is 0. The van der Waals surface area contributed by atoms with Crippen molar-refractivity contribution in [1.82, 2.24) is 0 Å². The summed E-state index contributed by atoms with van der Waals surface area (Å²) in [6.07, 6.45) is 0. The van der Waals surface area contributed by atoms with Gasteiger partial charge in [0, 0.05) is 6.04 Å². The van der Waals surface area contributed by atoms with E-state index in [1.807, 2.05) is 0 Å². The third kappa shape index (κ3) is 2.76. The molecule has 0 unspecified atom stereocenters. The molecule has 1 nitrogen and oxygen atoms in total. The van der Waals surface area contributed by atoms with Crippen molar-refractivity contribution in [2.75, 3.05) is 0 Å². The fourth-order valence-corrected chi connectivity index (χ4v) is 2.81. The van der Waals surface area contributed by atoms with Gasteiger partial charge in [-0.1, -0.05) is 69.3 Å². The summed E-state index contributed by atoms with van der Waals surface area (Å²) in [6, 6.07) is 19.4. The van der Waals surface area contributed by atoms with Crippen molar-refractivity contribution >= 4 is 34.0 Å². The van der Waals surface area contributed by atoms with E-state index in [-0.39, 0.29) is 23.9 Å². The topological polar surface area (TPSA) is 26.0 Å². The van der Waals surface area contributed by atoms with Crippen LogP contribution in [0.5, 0.6) is 0 Å². The van der Waals surface area contributed by atoms with E-state index in [0.717, 1.165) is 0 Å². The van der Waals surface area contributed by atoms with Crippen LogP contribution >= 0.6 is 12.4 Å². The molecule has 1 atom stereocenters. The van der Waals surface area contributed by atoms with Crippen molar-refractivity contribution in [3.05, 3.63) is 60.2 Å². The van der Waals surface area contributed by atoms with Crippen LogP contribution in [0.4, 0.5) is 0 Å². The van der Waals surface area contributed by atoms with Crippen molar-refractivity contribution in [3.63, 3.8) is 0 Å². The molecule has 2 N–H and O–H groups in total. The molecule has 3 aromatic carbocycles. The average Bonchev–Trinajstić information content (AvgIpc) is 2.44. The van der Waals surface area contributed by atoms with Gasteiger partial charge < -0.3 is 5.73 Å². The maximum absolute atomic E-state index is 6.53. The Labute approximate surface area is 132 Å². The second-order valence-electron chi connectivity index (χ2n) is 6.58. The maximum Gasteiger partial charge on any atom is 0.0350 e. The Bertz CT molecular complexity index is 771.